The van der Waals surface area contributed by atoms with Gasteiger partial charge in [-0.05, 0) is 54.0 Å². The number of benzene rings is 1. The van der Waals surface area contributed by atoms with Crippen molar-refractivity contribution in [1.82, 2.24) is 4.68 Å². The number of hydrogen-bond donors (Lipinski definition) is 1. The molecule has 0 atom stereocenters. The van der Waals surface area contributed by atoms with Crippen LogP contribution >= 0.6 is 15.9 Å². The standard InChI is InChI=1S/C13H12BrN3O3/c1-8-3-4-9(2)16(8)15-13(18)10-5-6-11(14)12(7-10)17(19)20/h3-7H,1-2H3,(H,15,18). The van der Waals surface area contributed by atoms with Gasteiger partial charge in [0.2, 0.25) is 0 Å². The molecule has 2 rings (SSSR count). The van der Waals surface area contributed by atoms with Crippen molar-refractivity contribution in [1.29, 1.82) is 0 Å². The lowest BCUT2D eigenvalue weighted by Crippen LogP contribution is -2.24. The van der Waals surface area contributed by atoms with Crippen molar-refractivity contribution in [2.24, 2.45) is 0 Å². The van der Waals surface area contributed by atoms with E-state index in [4.69, 9.17) is 0 Å². The molecule has 0 radical (unpaired) electrons. The molecule has 1 amide bonds. The molecule has 7 heteroatoms. The molecule has 2 aromatic rings. The SMILES string of the molecule is Cc1ccc(C)n1NC(=O)c1ccc(Br)c([N+](=O)[O-])c1. The molecule has 0 spiro atoms. The third kappa shape index (κ3) is 2.72. The van der Waals surface area contributed by atoms with Crippen LogP contribution in [-0.2, 0) is 0 Å². The zero-order valence-corrected chi connectivity index (χ0v) is 12.5. The van der Waals surface area contributed by atoms with Crippen molar-refractivity contribution < 1.29 is 9.72 Å². The maximum absolute atomic E-state index is 12.1. The van der Waals surface area contributed by atoms with Crippen LogP contribution in [0.5, 0.6) is 0 Å². The van der Waals surface area contributed by atoms with Crippen LogP contribution in [0.25, 0.3) is 0 Å². The van der Waals surface area contributed by atoms with Gasteiger partial charge in [-0.2, -0.15) is 0 Å². The van der Waals surface area contributed by atoms with Crippen LogP contribution in [0.4, 0.5) is 5.69 Å². The van der Waals surface area contributed by atoms with Crippen LogP contribution in [0.15, 0.2) is 34.8 Å². The molecule has 0 bridgehead atoms. The highest BCUT2D eigenvalue weighted by Crippen LogP contribution is 2.25. The number of carbonyl (C=O) groups excluding carboxylic acids is 1. The van der Waals surface area contributed by atoms with Crippen LogP contribution in [0.3, 0.4) is 0 Å². The molecule has 1 aromatic carbocycles. The lowest BCUT2D eigenvalue weighted by Gasteiger charge is -2.11. The van der Waals surface area contributed by atoms with Crippen LogP contribution in [0, 0.1) is 24.0 Å². The number of nitro benzene ring substituents is 1. The summed E-state index contributed by atoms with van der Waals surface area (Å²) in [4.78, 5) is 22.5. The van der Waals surface area contributed by atoms with E-state index in [1.54, 1.807) is 4.68 Å². The number of halogens is 1. The first-order valence-electron chi connectivity index (χ1n) is 5.80. The second kappa shape index (κ2) is 5.46. The maximum Gasteiger partial charge on any atom is 0.284 e. The predicted octanol–water partition coefficient (Wildman–Crippen LogP) is 3.16. The van der Waals surface area contributed by atoms with Gasteiger partial charge in [-0.15, -0.1) is 0 Å². The molecular formula is C13H12BrN3O3. The molecule has 0 unspecified atom stereocenters. The largest absolute Gasteiger partial charge is 0.284 e. The number of rotatable bonds is 3. The van der Waals surface area contributed by atoms with Crippen molar-refractivity contribution in [3.8, 4) is 0 Å². The van der Waals surface area contributed by atoms with E-state index in [0.717, 1.165) is 11.4 Å². The molecule has 104 valence electrons. The fourth-order valence-corrected chi connectivity index (χ4v) is 2.20. The number of hydrogen-bond acceptors (Lipinski definition) is 3. The number of amides is 1. The van der Waals surface area contributed by atoms with E-state index in [2.05, 4.69) is 21.4 Å². The van der Waals surface area contributed by atoms with Gasteiger partial charge in [0.25, 0.3) is 11.6 Å². The molecule has 0 aliphatic heterocycles. The van der Waals surface area contributed by atoms with Gasteiger partial charge < -0.3 is 0 Å². The monoisotopic (exact) mass is 337 g/mol. The molecule has 0 aliphatic rings. The van der Waals surface area contributed by atoms with Crippen LogP contribution in [-0.4, -0.2) is 15.5 Å². The first kappa shape index (κ1) is 14.3. The summed E-state index contributed by atoms with van der Waals surface area (Å²) >= 11 is 3.09. The molecule has 6 nitrogen and oxygen atoms in total. The Kier molecular flexibility index (Phi) is 3.89. The van der Waals surface area contributed by atoms with Crippen LogP contribution < -0.4 is 5.43 Å². The second-order valence-corrected chi connectivity index (χ2v) is 5.17. The summed E-state index contributed by atoms with van der Waals surface area (Å²) in [6, 6.07) is 8.01. The summed E-state index contributed by atoms with van der Waals surface area (Å²) in [5.41, 5.74) is 4.54. The van der Waals surface area contributed by atoms with Crippen molar-refractivity contribution in [2.45, 2.75) is 13.8 Å². The molecule has 0 saturated heterocycles. The average Bonchev–Trinajstić information content (AvgIpc) is 2.70. The van der Waals surface area contributed by atoms with Gasteiger partial charge in [0.05, 0.1) is 9.40 Å². The fourth-order valence-electron chi connectivity index (χ4n) is 1.80. The Morgan fingerprint density at radius 3 is 2.40 bits per heavy atom. The predicted molar refractivity (Wildman–Crippen MR) is 78.4 cm³/mol. The summed E-state index contributed by atoms with van der Waals surface area (Å²) in [7, 11) is 0. The van der Waals surface area contributed by atoms with Crippen molar-refractivity contribution in [3.05, 3.63) is 61.9 Å². The minimum atomic E-state index is -0.535. The summed E-state index contributed by atoms with van der Waals surface area (Å²) < 4.78 is 1.98. The molecule has 0 fully saturated rings. The van der Waals surface area contributed by atoms with Gasteiger partial charge in [0.1, 0.15) is 0 Å². The van der Waals surface area contributed by atoms with Gasteiger partial charge in [0, 0.05) is 23.0 Å². The average molecular weight is 338 g/mol. The van der Waals surface area contributed by atoms with Crippen LogP contribution in [0.2, 0.25) is 0 Å². The highest BCUT2D eigenvalue weighted by molar-refractivity contribution is 9.10. The zero-order valence-electron chi connectivity index (χ0n) is 10.9. The minimum Gasteiger partial charge on any atom is -0.267 e. The number of aryl methyl sites for hydroxylation is 2. The van der Waals surface area contributed by atoms with E-state index >= 15 is 0 Å². The number of nitrogens with zero attached hydrogens (tertiary/aromatic N) is 2. The Morgan fingerprint density at radius 2 is 1.85 bits per heavy atom. The Bertz CT molecular complexity index is 675. The number of nitro groups is 1. The summed E-state index contributed by atoms with van der Waals surface area (Å²) in [5, 5.41) is 10.9. The summed E-state index contributed by atoms with van der Waals surface area (Å²) in [6.07, 6.45) is 0. The Labute approximate surface area is 123 Å². The number of nitrogens with one attached hydrogen (secondary N) is 1. The molecule has 0 aliphatic carbocycles. The zero-order chi connectivity index (χ0) is 14.9. The Hall–Kier alpha value is -2.15. The first-order chi connectivity index (χ1) is 9.40. The molecule has 1 N–H and O–H groups in total. The molecular weight excluding hydrogens is 326 g/mol. The van der Waals surface area contributed by atoms with Gasteiger partial charge in [0.15, 0.2) is 0 Å². The van der Waals surface area contributed by atoms with Crippen molar-refractivity contribution in [2.75, 3.05) is 5.43 Å². The van der Waals surface area contributed by atoms with E-state index in [1.165, 1.54) is 18.2 Å². The van der Waals surface area contributed by atoms with Crippen molar-refractivity contribution in [3.63, 3.8) is 0 Å². The van der Waals surface area contributed by atoms with Gasteiger partial charge >= 0.3 is 0 Å². The Balaban J connectivity index is 2.30. The second-order valence-electron chi connectivity index (χ2n) is 4.32. The quantitative estimate of drug-likeness (QED) is 0.690. The van der Waals surface area contributed by atoms with E-state index < -0.39 is 10.8 Å². The van der Waals surface area contributed by atoms with Crippen molar-refractivity contribution >= 4 is 27.5 Å². The normalized spacial score (nSPS) is 10.3. The molecule has 1 aromatic heterocycles. The maximum atomic E-state index is 12.1. The number of aromatic nitrogens is 1. The lowest BCUT2D eigenvalue weighted by molar-refractivity contribution is -0.385. The van der Waals surface area contributed by atoms with E-state index in [1.807, 2.05) is 26.0 Å². The van der Waals surface area contributed by atoms with E-state index in [-0.39, 0.29) is 11.3 Å². The smallest absolute Gasteiger partial charge is 0.267 e. The third-order valence-corrected chi connectivity index (χ3v) is 3.56. The lowest BCUT2D eigenvalue weighted by atomic mass is 10.2. The Morgan fingerprint density at radius 1 is 1.25 bits per heavy atom. The highest BCUT2D eigenvalue weighted by Gasteiger charge is 2.16. The van der Waals surface area contributed by atoms with E-state index in [9.17, 15) is 14.9 Å². The van der Waals surface area contributed by atoms with Gasteiger partial charge in [-0.1, -0.05) is 0 Å². The number of carbonyl (C=O) groups is 1. The van der Waals surface area contributed by atoms with Gasteiger partial charge in [-0.3, -0.25) is 25.0 Å². The van der Waals surface area contributed by atoms with Crippen LogP contribution in [0.1, 0.15) is 21.7 Å². The summed E-state index contributed by atoms with van der Waals surface area (Å²) in [5.74, 6) is -0.400. The third-order valence-electron chi connectivity index (χ3n) is 2.89. The van der Waals surface area contributed by atoms with Gasteiger partial charge in [-0.25, -0.2) is 0 Å². The first-order valence-corrected chi connectivity index (χ1v) is 6.59. The molecule has 20 heavy (non-hydrogen) atoms. The van der Waals surface area contributed by atoms with E-state index in [0.29, 0.717) is 4.47 Å². The highest BCUT2D eigenvalue weighted by atomic mass is 79.9. The summed E-state index contributed by atoms with van der Waals surface area (Å²) in [6.45, 7) is 3.72. The minimum absolute atomic E-state index is 0.140. The molecule has 0 saturated carbocycles. The molecule has 1 heterocycles. The topological polar surface area (TPSA) is 77.2 Å². The fraction of sp³-hybridized carbons (Fsp3) is 0.154.